The molecule has 0 aliphatic heterocycles. The van der Waals surface area contributed by atoms with Crippen LogP contribution in [0.1, 0.15) is 37.9 Å². The predicted octanol–water partition coefficient (Wildman–Crippen LogP) is 3.29. The molecule has 0 fully saturated rings. The third kappa shape index (κ3) is 5.21. The van der Waals surface area contributed by atoms with Crippen LogP contribution in [0.2, 0.25) is 0 Å². The van der Waals surface area contributed by atoms with Crippen molar-refractivity contribution < 1.29 is 4.79 Å². The molecular formula is C16H22N4OS2. The van der Waals surface area contributed by atoms with Crippen LogP contribution < -0.4 is 11.1 Å². The van der Waals surface area contributed by atoms with E-state index in [9.17, 15) is 4.79 Å². The van der Waals surface area contributed by atoms with Crippen LogP contribution in [-0.4, -0.2) is 21.9 Å². The average Bonchev–Trinajstić information content (AvgIpc) is 2.96. The van der Waals surface area contributed by atoms with Gasteiger partial charge in [-0.2, -0.15) is 0 Å². The minimum Gasteiger partial charge on any atom is -0.374 e. The number of amides is 1. The number of carbonyl (C=O) groups is 1. The van der Waals surface area contributed by atoms with Gasteiger partial charge in [-0.05, 0) is 23.5 Å². The van der Waals surface area contributed by atoms with E-state index in [1.165, 1.54) is 28.7 Å². The van der Waals surface area contributed by atoms with E-state index >= 15 is 0 Å². The second kappa shape index (κ2) is 8.31. The van der Waals surface area contributed by atoms with Crippen LogP contribution >= 0.6 is 23.1 Å². The molecule has 1 atom stereocenters. The monoisotopic (exact) mass is 350 g/mol. The van der Waals surface area contributed by atoms with Crippen molar-refractivity contribution in [3.63, 3.8) is 0 Å². The molecule has 7 heteroatoms. The summed E-state index contributed by atoms with van der Waals surface area (Å²) in [6.45, 7) is 6.35. The Balaban J connectivity index is 1.96. The van der Waals surface area contributed by atoms with Crippen molar-refractivity contribution >= 4 is 34.1 Å². The highest BCUT2D eigenvalue weighted by Gasteiger charge is 2.18. The number of nitrogen functional groups attached to an aromatic ring is 1. The number of nitrogens with zero attached hydrogens (tertiary/aromatic N) is 2. The number of anilines is 1. The first-order valence-electron chi connectivity index (χ1n) is 7.59. The summed E-state index contributed by atoms with van der Waals surface area (Å²) in [4.78, 5) is 12.2. The molecule has 0 radical (unpaired) electrons. The zero-order chi connectivity index (χ0) is 16.8. The van der Waals surface area contributed by atoms with E-state index in [2.05, 4.69) is 60.6 Å². The van der Waals surface area contributed by atoms with Gasteiger partial charge in [-0.1, -0.05) is 68.1 Å². The van der Waals surface area contributed by atoms with Crippen molar-refractivity contribution in [1.29, 1.82) is 0 Å². The first-order chi connectivity index (χ1) is 11.0. The van der Waals surface area contributed by atoms with E-state index in [4.69, 9.17) is 5.73 Å². The first kappa shape index (κ1) is 17.7. The molecule has 1 heterocycles. The summed E-state index contributed by atoms with van der Waals surface area (Å²) in [5.41, 5.74) is 7.97. The van der Waals surface area contributed by atoms with Crippen molar-refractivity contribution in [2.75, 3.05) is 11.5 Å². The number of hydrogen-bond donors (Lipinski definition) is 2. The number of nitrogens with one attached hydrogen (secondary N) is 1. The molecule has 124 valence electrons. The SMILES string of the molecule is CCc1ccc([C@H](NC(=O)CSc2nnc(N)s2)C(C)C)cc1. The van der Waals surface area contributed by atoms with Crippen LogP contribution in [0.4, 0.5) is 5.13 Å². The molecule has 0 aliphatic carbocycles. The summed E-state index contributed by atoms with van der Waals surface area (Å²) >= 11 is 2.65. The Morgan fingerprint density at radius 2 is 2.00 bits per heavy atom. The summed E-state index contributed by atoms with van der Waals surface area (Å²) in [6, 6.07) is 8.45. The van der Waals surface area contributed by atoms with Gasteiger partial charge >= 0.3 is 0 Å². The van der Waals surface area contributed by atoms with E-state index in [0.29, 0.717) is 21.1 Å². The standard InChI is InChI=1S/C16H22N4OS2/c1-4-11-5-7-12(8-6-11)14(10(2)3)18-13(21)9-22-16-20-19-15(17)23-16/h5-8,10,14H,4,9H2,1-3H3,(H2,17,19)(H,18,21)/t14-/m1/s1. The summed E-state index contributed by atoms with van der Waals surface area (Å²) in [7, 11) is 0. The average molecular weight is 351 g/mol. The summed E-state index contributed by atoms with van der Waals surface area (Å²) < 4.78 is 0.714. The summed E-state index contributed by atoms with van der Waals surface area (Å²) in [6.07, 6.45) is 1.01. The molecule has 0 unspecified atom stereocenters. The molecule has 1 aromatic heterocycles. The maximum Gasteiger partial charge on any atom is 0.230 e. The summed E-state index contributed by atoms with van der Waals surface area (Å²) in [5, 5.41) is 11.2. The van der Waals surface area contributed by atoms with Crippen molar-refractivity contribution in [3.05, 3.63) is 35.4 Å². The first-order valence-corrected chi connectivity index (χ1v) is 9.39. The lowest BCUT2D eigenvalue weighted by Gasteiger charge is -2.23. The highest BCUT2D eigenvalue weighted by atomic mass is 32.2. The fourth-order valence-corrected chi connectivity index (χ4v) is 3.66. The highest BCUT2D eigenvalue weighted by Crippen LogP contribution is 2.25. The maximum absolute atomic E-state index is 12.2. The lowest BCUT2D eigenvalue weighted by atomic mass is 9.95. The van der Waals surface area contributed by atoms with Gasteiger partial charge in [0.05, 0.1) is 11.8 Å². The molecule has 3 N–H and O–H groups in total. The number of nitrogens with two attached hydrogens (primary N) is 1. The molecule has 0 saturated carbocycles. The van der Waals surface area contributed by atoms with E-state index < -0.39 is 0 Å². The van der Waals surface area contributed by atoms with Gasteiger partial charge in [0, 0.05) is 0 Å². The number of benzene rings is 1. The Hall–Kier alpha value is -1.60. The van der Waals surface area contributed by atoms with Crippen molar-refractivity contribution in [2.45, 2.75) is 37.6 Å². The fraction of sp³-hybridized carbons (Fsp3) is 0.438. The largest absolute Gasteiger partial charge is 0.374 e. The normalized spacial score (nSPS) is 12.3. The molecule has 0 bridgehead atoms. The maximum atomic E-state index is 12.2. The minimum atomic E-state index is -0.0120. The Kier molecular flexibility index (Phi) is 6.41. The quantitative estimate of drug-likeness (QED) is 0.749. The van der Waals surface area contributed by atoms with Gasteiger partial charge in [0.25, 0.3) is 0 Å². The number of carbonyl (C=O) groups excluding carboxylic acids is 1. The van der Waals surface area contributed by atoms with Gasteiger partial charge in [0.1, 0.15) is 0 Å². The fourth-order valence-electron chi connectivity index (χ4n) is 2.22. The van der Waals surface area contributed by atoms with Crippen LogP contribution in [-0.2, 0) is 11.2 Å². The van der Waals surface area contributed by atoms with Gasteiger partial charge in [-0.3, -0.25) is 4.79 Å². The Labute approximate surface area is 145 Å². The van der Waals surface area contributed by atoms with Gasteiger partial charge in [-0.25, -0.2) is 0 Å². The number of aryl methyl sites for hydroxylation is 1. The van der Waals surface area contributed by atoms with Crippen molar-refractivity contribution in [2.24, 2.45) is 5.92 Å². The van der Waals surface area contributed by atoms with Gasteiger partial charge in [-0.15, -0.1) is 10.2 Å². The van der Waals surface area contributed by atoms with Crippen LogP contribution in [0.5, 0.6) is 0 Å². The third-order valence-electron chi connectivity index (χ3n) is 3.48. The lowest BCUT2D eigenvalue weighted by molar-refractivity contribution is -0.119. The summed E-state index contributed by atoms with van der Waals surface area (Å²) in [5.74, 6) is 0.612. The molecule has 0 spiro atoms. The van der Waals surface area contributed by atoms with Crippen LogP contribution in [0.15, 0.2) is 28.6 Å². The molecule has 2 rings (SSSR count). The zero-order valence-electron chi connectivity index (χ0n) is 13.6. The lowest BCUT2D eigenvalue weighted by Crippen LogP contribution is -2.33. The second-order valence-corrected chi connectivity index (χ2v) is 7.81. The topological polar surface area (TPSA) is 80.9 Å². The van der Waals surface area contributed by atoms with Gasteiger partial charge in [0.2, 0.25) is 11.0 Å². The smallest absolute Gasteiger partial charge is 0.230 e. The number of aromatic nitrogens is 2. The minimum absolute atomic E-state index is 0.00787. The van der Waals surface area contributed by atoms with Crippen LogP contribution in [0.25, 0.3) is 0 Å². The molecule has 0 aliphatic rings. The molecule has 2 aromatic rings. The van der Waals surface area contributed by atoms with Crippen molar-refractivity contribution in [3.8, 4) is 0 Å². The third-order valence-corrected chi connectivity index (χ3v) is 5.36. The van der Waals surface area contributed by atoms with E-state index in [1.807, 2.05) is 0 Å². The van der Waals surface area contributed by atoms with Crippen LogP contribution in [0.3, 0.4) is 0 Å². The van der Waals surface area contributed by atoms with Gasteiger partial charge in [0.15, 0.2) is 4.34 Å². The predicted molar refractivity (Wildman–Crippen MR) is 96.6 cm³/mol. The van der Waals surface area contributed by atoms with Crippen molar-refractivity contribution in [1.82, 2.24) is 15.5 Å². The van der Waals surface area contributed by atoms with E-state index in [1.54, 1.807) is 0 Å². The number of thioether (sulfide) groups is 1. The molecular weight excluding hydrogens is 328 g/mol. The second-order valence-electron chi connectivity index (χ2n) is 5.58. The molecule has 1 amide bonds. The van der Waals surface area contributed by atoms with E-state index in [-0.39, 0.29) is 11.9 Å². The number of hydrogen-bond acceptors (Lipinski definition) is 6. The molecule has 0 saturated heterocycles. The Morgan fingerprint density at radius 1 is 1.30 bits per heavy atom. The Morgan fingerprint density at radius 3 is 2.52 bits per heavy atom. The molecule has 1 aromatic carbocycles. The Bertz CT molecular complexity index is 640. The number of rotatable bonds is 7. The molecule has 5 nitrogen and oxygen atoms in total. The highest BCUT2D eigenvalue weighted by molar-refractivity contribution is 8.01. The van der Waals surface area contributed by atoms with Crippen LogP contribution in [0, 0.1) is 5.92 Å². The van der Waals surface area contributed by atoms with Gasteiger partial charge < -0.3 is 11.1 Å². The van der Waals surface area contributed by atoms with E-state index in [0.717, 1.165) is 12.0 Å². The zero-order valence-corrected chi connectivity index (χ0v) is 15.2. The molecule has 23 heavy (non-hydrogen) atoms.